The lowest BCUT2D eigenvalue weighted by Crippen LogP contribution is -2.28. The molecular formula is C16H26N2. The first-order valence-corrected chi connectivity index (χ1v) is 6.83. The summed E-state index contributed by atoms with van der Waals surface area (Å²) in [7, 11) is 0. The molecule has 2 nitrogen and oxygen atoms in total. The van der Waals surface area contributed by atoms with Gasteiger partial charge in [0.25, 0.3) is 0 Å². The molecule has 1 aromatic carbocycles. The average Bonchev–Trinajstić information content (AvgIpc) is 2.45. The van der Waals surface area contributed by atoms with E-state index in [2.05, 4.69) is 54.2 Å². The van der Waals surface area contributed by atoms with E-state index in [0.29, 0.717) is 0 Å². The molecule has 0 bridgehead atoms. The highest BCUT2D eigenvalue weighted by atomic mass is 15.2. The van der Waals surface area contributed by atoms with Crippen LogP contribution in [0.5, 0.6) is 0 Å². The molecule has 0 saturated carbocycles. The van der Waals surface area contributed by atoms with Gasteiger partial charge in [-0.1, -0.05) is 45.9 Å². The lowest BCUT2D eigenvalue weighted by Gasteiger charge is -2.28. The van der Waals surface area contributed by atoms with Gasteiger partial charge in [0, 0.05) is 18.1 Å². The molecule has 1 atom stereocenters. The summed E-state index contributed by atoms with van der Waals surface area (Å²) in [4.78, 5) is 6.52. The maximum atomic E-state index is 4.34. The van der Waals surface area contributed by atoms with Gasteiger partial charge in [0.2, 0.25) is 0 Å². The molecule has 0 saturated heterocycles. The molecule has 0 unspecified atom stereocenters. The smallest absolute Gasteiger partial charge is 0.122 e. The number of rotatable bonds is 1. The van der Waals surface area contributed by atoms with Crippen LogP contribution in [0.4, 0.5) is 5.69 Å². The summed E-state index contributed by atoms with van der Waals surface area (Å²) in [5.41, 5.74) is 2.51. The Bertz CT molecular complexity index is 380. The number of aliphatic imine (C=N–C) groups is 1. The van der Waals surface area contributed by atoms with Gasteiger partial charge in [0.1, 0.15) is 6.17 Å². The van der Waals surface area contributed by atoms with Gasteiger partial charge in [-0.15, -0.1) is 0 Å². The SMILES string of the molecule is CC.CC.Cc1ccccc1N1C=CC=N[C@@H]1C. The van der Waals surface area contributed by atoms with E-state index < -0.39 is 0 Å². The maximum absolute atomic E-state index is 4.34. The zero-order valence-electron chi connectivity index (χ0n) is 12.5. The van der Waals surface area contributed by atoms with E-state index in [1.54, 1.807) is 0 Å². The highest BCUT2D eigenvalue weighted by Gasteiger charge is 2.13. The van der Waals surface area contributed by atoms with Crippen molar-refractivity contribution < 1.29 is 0 Å². The Morgan fingerprint density at radius 1 is 1.06 bits per heavy atom. The van der Waals surface area contributed by atoms with Crippen molar-refractivity contribution >= 4 is 11.9 Å². The van der Waals surface area contributed by atoms with Crippen molar-refractivity contribution in [3.63, 3.8) is 0 Å². The van der Waals surface area contributed by atoms with Crippen molar-refractivity contribution in [2.45, 2.75) is 47.7 Å². The minimum atomic E-state index is 0.195. The number of benzene rings is 1. The van der Waals surface area contributed by atoms with Crippen LogP contribution in [0.3, 0.4) is 0 Å². The fourth-order valence-corrected chi connectivity index (χ4v) is 1.64. The van der Waals surface area contributed by atoms with Gasteiger partial charge in [-0.05, 0) is 31.6 Å². The number of anilines is 1. The normalized spacial score (nSPS) is 16.3. The van der Waals surface area contributed by atoms with E-state index in [1.807, 2.05) is 40.0 Å². The first-order valence-electron chi connectivity index (χ1n) is 6.83. The van der Waals surface area contributed by atoms with Gasteiger partial charge in [-0.25, -0.2) is 0 Å². The number of para-hydroxylation sites is 1. The predicted molar refractivity (Wildman–Crippen MR) is 83.4 cm³/mol. The topological polar surface area (TPSA) is 15.6 Å². The quantitative estimate of drug-likeness (QED) is 0.695. The van der Waals surface area contributed by atoms with Crippen molar-refractivity contribution in [2.75, 3.05) is 4.90 Å². The molecule has 0 N–H and O–H groups in total. The van der Waals surface area contributed by atoms with Crippen LogP contribution in [0.25, 0.3) is 0 Å². The Kier molecular flexibility index (Phi) is 8.63. The second-order valence-corrected chi connectivity index (χ2v) is 3.47. The van der Waals surface area contributed by atoms with Gasteiger partial charge in [0.15, 0.2) is 0 Å². The molecule has 1 heterocycles. The van der Waals surface area contributed by atoms with Gasteiger partial charge >= 0.3 is 0 Å². The first-order chi connectivity index (χ1) is 8.79. The van der Waals surface area contributed by atoms with E-state index in [0.717, 1.165) is 0 Å². The highest BCUT2D eigenvalue weighted by molar-refractivity contribution is 5.75. The van der Waals surface area contributed by atoms with Gasteiger partial charge in [0.05, 0.1) is 0 Å². The summed E-state index contributed by atoms with van der Waals surface area (Å²) in [6.07, 6.45) is 6.08. The number of hydrogen-bond donors (Lipinski definition) is 0. The van der Waals surface area contributed by atoms with Crippen LogP contribution in [0.15, 0.2) is 41.5 Å². The van der Waals surface area contributed by atoms with Crippen molar-refractivity contribution in [2.24, 2.45) is 4.99 Å². The van der Waals surface area contributed by atoms with Crippen molar-refractivity contribution in [1.82, 2.24) is 0 Å². The Morgan fingerprint density at radius 2 is 1.67 bits per heavy atom. The Morgan fingerprint density at radius 3 is 2.22 bits per heavy atom. The minimum absolute atomic E-state index is 0.195. The number of aryl methyl sites for hydroxylation is 1. The summed E-state index contributed by atoms with van der Waals surface area (Å²) < 4.78 is 0. The van der Waals surface area contributed by atoms with Crippen LogP contribution < -0.4 is 4.90 Å². The molecule has 18 heavy (non-hydrogen) atoms. The van der Waals surface area contributed by atoms with Crippen LogP contribution in [0.2, 0.25) is 0 Å². The van der Waals surface area contributed by atoms with Gasteiger partial charge in [-0.2, -0.15) is 0 Å². The average molecular weight is 246 g/mol. The zero-order chi connectivity index (χ0) is 14.0. The molecule has 1 aromatic rings. The summed E-state index contributed by atoms with van der Waals surface area (Å²) in [5, 5.41) is 0. The Balaban J connectivity index is 0.000000659. The van der Waals surface area contributed by atoms with E-state index >= 15 is 0 Å². The molecule has 1 aliphatic rings. The summed E-state index contributed by atoms with van der Waals surface area (Å²) in [6.45, 7) is 12.2. The largest absolute Gasteiger partial charge is 0.325 e. The predicted octanol–water partition coefficient (Wildman–Crippen LogP) is 4.80. The van der Waals surface area contributed by atoms with Crippen molar-refractivity contribution in [3.8, 4) is 0 Å². The summed E-state index contributed by atoms with van der Waals surface area (Å²) in [5.74, 6) is 0. The highest BCUT2D eigenvalue weighted by Crippen LogP contribution is 2.23. The zero-order valence-corrected chi connectivity index (χ0v) is 12.5. The number of allylic oxidation sites excluding steroid dienone is 1. The fourth-order valence-electron chi connectivity index (χ4n) is 1.64. The van der Waals surface area contributed by atoms with Crippen LogP contribution >= 0.6 is 0 Å². The monoisotopic (exact) mass is 246 g/mol. The van der Waals surface area contributed by atoms with Gasteiger partial charge < -0.3 is 4.90 Å². The Labute approximate surface area is 112 Å². The molecule has 0 spiro atoms. The van der Waals surface area contributed by atoms with Crippen LogP contribution in [-0.4, -0.2) is 12.4 Å². The molecular weight excluding hydrogens is 220 g/mol. The molecule has 0 amide bonds. The molecule has 0 fully saturated rings. The lowest BCUT2D eigenvalue weighted by atomic mass is 10.1. The summed E-state index contributed by atoms with van der Waals surface area (Å²) >= 11 is 0. The van der Waals surface area contributed by atoms with Crippen LogP contribution in [0, 0.1) is 6.92 Å². The van der Waals surface area contributed by atoms with Crippen molar-refractivity contribution in [3.05, 3.63) is 42.1 Å². The third kappa shape index (κ3) is 4.36. The van der Waals surface area contributed by atoms with Crippen molar-refractivity contribution in [1.29, 1.82) is 0 Å². The lowest BCUT2D eigenvalue weighted by molar-refractivity contribution is 0.743. The van der Waals surface area contributed by atoms with E-state index in [9.17, 15) is 0 Å². The standard InChI is InChI=1S/C12H14N2.2C2H6/c1-10-6-3-4-7-12(10)14-9-5-8-13-11(14)2;2*1-2/h3-9,11H,1-2H3;2*1-2H3/t11-;;/m0../s1. The fraction of sp³-hybridized carbons (Fsp3) is 0.438. The molecule has 2 rings (SSSR count). The second-order valence-electron chi connectivity index (χ2n) is 3.47. The van der Waals surface area contributed by atoms with Crippen LogP contribution in [-0.2, 0) is 0 Å². The Hall–Kier alpha value is -1.57. The number of hydrogen-bond acceptors (Lipinski definition) is 2. The molecule has 0 radical (unpaired) electrons. The number of nitrogens with zero attached hydrogens (tertiary/aromatic N) is 2. The minimum Gasteiger partial charge on any atom is -0.325 e. The molecule has 1 aliphatic heterocycles. The molecule has 0 aromatic heterocycles. The summed E-state index contributed by atoms with van der Waals surface area (Å²) in [6, 6.07) is 8.35. The van der Waals surface area contributed by atoms with Crippen LogP contribution in [0.1, 0.15) is 40.2 Å². The van der Waals surface area contributed by atoms with E-state index in [4.69, 9.17) is 0 Å². The second kappa shape index (κ2) is 9.46. The molecule has 2 heteroatoms. The third-order valence-electron chi connectivity index (χ3n) is 2.43. The molecule has 100 valence electrons. The maximum Gasteiger partial charge on any atom is 0.122 e. The molecule has 0 aliphatic carbocycles. The van der Waals surface area contributed by atoms with Gasteiger partial charge in [-0.3, -0.25) is 4.99 Å². The first kappa shape index (κ1) is 16.4. The van der Waals surface area contributed by atoms with E-state index in [1.165, 1.54) is 11.3 Å². The van der Waals surface area contributed by atoms with E-state index in [-0.39, 0.29) is 6.17 Å². The third-order valence-corrected chi connectivity index (χ3v) is 2.43.